The summed E-state index contributed by atoms with van der Waals surface area (Å²) in [6.07, 6.45) is 1.23. The molecule has 0 saturated heterocycles. The lowest BCUT2D eigenvalue weighted by Gasteiger charge is -2.07. The molecular weight excluding hydrogens is 310 g/mol. The Morgan fingerprint density at radius 2 is 1.91 bits per heavy atom. The molecule has 0 saturated carbocycles. The molecule has 8 heteroatoms. The highest BCUT2D eigenvalue weighted by Crippen LogP contribution is 2.25. The van der Waals surface area contributed by atoms with Crippen LogP contribution in [-0.2, 0) is 0 Å². The molecule has 0 aliphatic heterocycles. The molecule has 2 aromatic carbocycles. The maximum atomic E-state index is 12.4. The number of hydrogen-bond donors (Lipinski definition) is 0. The van der Waals surface area contributed by atoms with E-state index in [4.69, 9.17) is 4.74 Å². The summed E-state index contributed by atoms with van der Waals surface area (Å²) in [5.41, 5.74) is 0.360. The molecule has 2 rings (SSSR count). The Morgan fingerprint density at radius 3 is 2.48 bits per heavy atom. The lowest BCUT2D eigenvalue weighted by Crippen LogP contribution is -2.04. The van der Waals surface area contributed by atoms with Crippen molar-refractivity contribution in [2.24, 2.45) is 4.99 Å². The molecule has 0 spiro atoms. The molecule has 0 amide bonds. The number of aliphatic imine (C=N–C) groups is 1. The van der Waals surface area contributed by atoms with Crippen LogP contribution in [0.25, 0.3) is 0 Å². The smallest absolute Gasteiger partial charge is 0.387 e. The predicted molar refractivity (Wildman–Crippen MR) is 80.0 cm³/mol. The maximum absolute atomic E-state index is 12.4. The summed E-state index contributed by atoms with van der Waals surface area (Å²) in [5, 5.41) is 10.8. The number of nitro benzene ring substituents is 1. The number of methoxy groups -OCH3 is 1. The third kappa shape index (κ3) is 4.47. The van der Waals surface area contributed by atoms with Gasteiger partial charge in [-0.3, -0.25) is 15.1 Å². The fourth-order valence-electron chi connectivity index (χ4n) is 1.77. The van der Waals surface area contributed by atoms with E-state index in [1.165, 1.54) is 13.3 Å². The standard InChI is InChI=1S/C15H12F2N2O4/c1-22-13-5-2-11(3-6-13)18-9-10-8-12(19(20)21)4-7-14(10)23-15(16)17/h2-9,15H,1H3. The number of rotatable bonds is 6. The van der Waals surface area contributed by atoms with E-state index in [2.05, 4.69) is 9.73 Å². The molecule has 6 nitrogen and oxygen atoms in total. The summed E-state index contributed by atoms with van der Waals surface area (Å²) in [6.45, 7) is -3.04. The first kappa shape index (κ1) is 16.3. The summed E-state index contributed by atoms with van der Waals surface area (Å²) < 4.78 is 34.1. The fraction of sp³-hybridized carbons (Fsp3) is 0.133. The first-order valence-electron chi connectivity index (χ1n) is 6.41. The van der Waals surface area contributed by atoms with Crippen molar-refractivity contribution in [2.75, 3.05) is 7.11 Å². The van der Waals surface area contributed by atoms with Crippen molar-refractivity contribution < 1.29 is 23.2 Å². The molecule has 0 radical (unpaired) electrons. The molecule has 0 atom stereocenters. The molecule has 0 N–H and O–H groups in total. The number of hydrogen-bond acceptors (Lipinski definition) is 5. The molecule has 0 fully saturated rings. The average Bonchev–Trinajstić information content (AvgIpc) is 2.53. The zero-order valence-corrected chi connectivity index (χ0v) is 12.0. The van der Waals surface area contributed by atoms with E-state index in [0.717, 1.165) is 18.2 Å². The van der Waals surface area contributed by atoms with Gasteiger partial charge in [-0.2, -0.15) is 8.78 Å². The Kier molecular flexibility index (Phi) is 5.19. The van der Waals surface area contributed by atoms with E-state index in [-0.39, 0.29) is 17.0 Å². The number of ether oxygens (including phenoxy) is 2. The third-order valence-electron chi connectivity index (χ3n) is 2.85. The predicted octanol–water partition coefficient (Wildman–Crippen LogP) is 3.96. The van der Waals surface area contributed by atoms with E-state index in [1.807, 2.05) is 0 Å². The average molecular weight is 322 g/mol. The third-order valence-corrected chi connectivity index (χ3v) is 2.85. The van der Waals surface area contributed by atoms with Crippen LogP contribution < -0.4 is 9.47 Å². The highest BCUT2D eigenvalue weighted by atomic mass is 19.3. The summed E-state index contributed by atoms with van der Waals surface area (Å²) in [5.74, 6) is 0.448. The highest BCUT2D eigenvalue weighted by Gasteiger charge is 2.13. The molecule has 0 aliphatic carbocycles. The molecule has 0 aromatic heterocycles. The first-order chi connectivity index (χ1) is 11.0. The second-order valence-corrected chi connectivity index (χ2v) is 4.31. The second kappa shape index (κ2) is 7.30. The monoisotopic (exact) mass is 322 g/mol. The second-order valence-electron chi connectivity index (χ2n) is 4.31. The number of halogens is 2. The van der Waals surface area contributed by atoms with E-state index in [0.29, 0.717) is 11.4 Å². The van der Waals surface area contributed by atoms with Crippen LogP contribution in [0.5, 0.6) is 11.5 Å². The van der Waals surface area contributed by atoms with Crippen molar-refractivity contribution in [3.05, 3.63) is 58.1 Å². The van der Waals surface area contributed by atoms with Crippen LogP contribution in [0.15, 0.2) is 47.5 Å². The van der Waals surface area contributed by atoms with Crippen LogP contribution in [0.2, 0.25) is 0 Å². The minimum atomic E-state index is -3.04. The van der Waals surface area contributed by atoms with Crippen molar-refractivity contribution in [3.8, 4) is 11.5 Å². The van der Waals surface area contributed by atoms with Gasteiger partial charge >= 0.3 is 6.61 Å². The number of benzene rings is 2. The highest BCUT2D eigenvalue weighted by molar-refractivity contribution is 5.86. The summed E-state index contributed by atoms with van der Waals surface area (Å²) in [4.78, 5) is 14.3. The van der Waals surface area contributed by atoms with Gasteiger partial charge in [-0.25, -0.2) is 0 Å². The first-order valence-corrected chi connectivity index (χ1v) is 6.41. The van der Waals surface area contributed by atoms with Crippen LogP contribution in [0.4, 0.5) is 20.2 Å². The largest absolute Gasteiger partial charge is 0.497 e. The van der Waals surface area contributed by atoms with Gasteiger partial charge in [-0.05, 0) is 30.3 Å². The number of nitro groups is 1. The van der Waals surface area contributed by atoms with Gasteiger partial charge in [0.15, 0.2) is 0 Å². The number of alkyl halides is 2. The van der Waals surface area contributed by atoms with Crippen molar-refractivity contribution >= 4 is 17.6 Å². The van der Waals surface area contributed by atoms with Gasteiger partial charge in [0.1, 0.15) is 11.5 Å². The zero-order valence-electron chi connectivity index (χ0n) is 12.0. The van der Waals surface area contributed by atoms with Crippen LogP contribution >= 0.6 is 0 Å². The van der Waals surface area contributed by atoms with Gasteiger partial charge in [0.05, 0.1) is 17.7 Å². The van der Waals surface area contributed by atoms with Crippen LogP contribution in [0, 0.1) is 10.1 Å². The lowest BCUT2D eigenvalue weighted by atomic mass is 10.2. The van der Waals surface area contributed by atoms with Gasteiger partial charge in [-0.1, -0.05) is 0 Å². The summed E-state index contributed by atoms with van der Waals surface area (Å²) in [6, 6.07) is 9.97. The molecular formula is C15H12F2N2O4. The Hall–Kier alpha value is -3.03. The van der Waals surface area contributed by atoms with E-state index >= 15 is 0 Å². The van der Waals surface area contributed by atoms with Crippen LogP contribution in [0.1, 0.15) is 5.56 Å². The van der Waals surface area contributed by atoms with Gasteiger partial charge in [0.2, 0.25) is 0 Å². The molecule has 2 aromatic rings. The van der Waals surface area contributed by atoms with Crippen LogP contribution in [-0.4, -0.2) is 24.9 Å². The van der Waals surface area contributed by atoms with E-state index in [9.17, 15) is 18.9 Å². The molecule has 0 heterocycles. The minimum absolute atomic E-state index is 0.0790. The lowest BCUT2D eigenvalue weighted by molar-refractivity contribution is -0.384. The van der Waals surface area contributed by atoms with Gasteiger partial charge in [-0.15, -0.1) is 0 Å². The quantitative estimate of drug-likeness (QED) is 0.458. The summed E-state index contributed by atoms with van der Waals surface area (Å²) in [7, 11) is 1.52. The molecule has 0 bridgehead atoms. The fourth-order valence-corrected chi connectivity index (χ4v) is 1.77. The molecule has 0 unspecified atom stereocenters. The molecule has 0 aliphatic rings. The van der Waals surface area contributed by atoms with Crippen molar-refractivity contribution in [2.45, 2.75) is 6.61 Å². The van der Waals surface area contributed by atoms with E-state index < -0.39 is 11.5 Å². The minimum Gasteiger partial charge on any atom is -0.497 e. The Labute approximate surface area is 130 Å². The zero-order chi connectivity index (χ0) is 16.8. The SMILES string of the molecule is COc1ccc(N=Cc2cc([N+](=O)[O-])ccc2OC(F)F)cc1. The summed E-state index contributed by atoms with van der Waals surface area (Å²) >= 11 is 0. The topological polar surface area (TPSA) is 74.0 Å². The van der Waals surface area contributed by atoms with Gasteiger partial charge in [0.25, 0.3) is 5.69 Å². The van der Waals surface area contributed by atoms with Crippen LogP contribution in [0.3, 0.4) is 0 Å². The Morgan fingerprint density at radius 1 is 1.22 bits per heavy atom. The normalized spacial score (nSPS) is 11.0. The van der Waals surface area contributed by atoms with Crippen molar-refractivity contribution in [3.63, 3.8) is 0 Å². The molecule has 23 heavy (non-hydrogen) atoms. The van der Waals surface area contributed by atoms with Gasteiger partial charge < -0.3 is 9.47 Å². The Balaban J connectivity index is 2.32. The van der Waals surface area contributed by atoms with E-state index in [1.54, 1.807) is 24.3 Å². The molecule has 120 valence electrons. The van der Waals surface area contributed by atoms with Crippen molar-refractivity contribution in [1.29, 1.82) is 0 Å². The maximum Gasteiger partial charge on any atom is 0.387 e. The van der Waals surface area contributed by atoms with Crippen molar-refractivity contribution in [1.82, 2.24) is 0 Å². The van der Waals surface area contributed by atoms with Gasteiger partial charge in [0, 0.05) is 23.9 Å². The Bertz CT molecular complexity index is 718. The number of non-ortho nitro benzene ring substituents is 1. The number of nitrogens with zero attached hydrogens (tertiary/aromatic N) is 2.